The van der Waals surface area contributed by atoms with Gasteiger partial charge in [-0.05, 0) is 6.07 Å². The predicted octanol–water partition coefficient (Wildman–Crippen LogP) is 2.45. The summed E-state index contributed by atoms with van der Waals surface area (Å²) in [5.41, 5.74) is -0.836. The zero-order valence-corrected chi connectivity index (χ0v) is 11.4. The van der Waals surface area contributed by atoms with Gasteiger partial charge in [0, 0.05) is 38.0 Å². The van der Waals surface area contributed by atoms with Crippen LogP contribution in [-0.2, 0) is 9.47 Å². The Morgan fingerprint density at radius 3 is 2.95 bits per heavy atom. The Kier molecular flexibility index (Phi) is 3.77. The Morgan fingerprint density at radius 2 is 2.29 bits per heavy atom. The molecule has 21 heavy (non-hydrogen) atoms. The molecule has 1 spiro atoms. The van der Waals surface area contributed by atoms with Crippen LogP contribution in [0.2, 0.25) is 0 Å². The van der Waals surface area contributed by atoms with Gasteiger partial charge in [0.1, 0.15) is 11.9 Å². The van der Waals surface area contributed by atoms with Gasteiger partial charge in [-0.15, -0.1) is 0 Å². The van der Waals surface area contributed by atoms with Gasteiger partial charge in [-0.25, -0.2) is 0 Å². The largest absolute Gasteiger partial charge is 0.490 e. The summed E-state index contributed by atoms with van der Waals surface area (Å²) in [4.78, 5) is 9.84. The Hall–Kier alpha value is -1.73. The zero-order chi connectivity index (χ0) is 14.9. The molecule has 2 atom stereocenters. The molecule has 0 saturated carbocycles. The third kappa shape index (κ3) is 2.98. The Labute approximate surface area is 120 Å². The standard InChI is InChI=1S/C14H16FNO5/c15-12-7-10(1-2-13(12)16(17)18)21-11-3-5-20-14(8-11)4-6-19-9-14/h1-2,7,11H,3-6,8-9H2. The first-order valence-corrected chi connectivity index (χ1v) is 6.90. The summed E-state index contributed by atoms with van der Waals surface area (Å²) in [5, 5.41) is 10.6. The Bertz CT molecular complexity index is 544. The van der Waals surface area contributed by atoms with Crippen molar-refractivity contribution in [1.29, 1.82) is 0 Å². The van der Waals surface area contributed by atoms with E-state index in [1.165, 1.54) is 6.07 Å². The molecule has 0 bridgehead atoms. The van der Waals surface area contributed by atoms with Gasteiger partial charge in [0.05, 0.1) is 23.7 Å². The summed E-state index contributed by atoms with van der Waals surface area (Å²) < 4.78 is 30.5. The number of hydrogen-bond acceptors (Lipinski definition) is 5. The van der Waals surface area contributed by atoms with E-state index in [0.717, 1.165) is 18.6 Å². The lowest BCUT2D eigenvalue weighted by Crippen LogP contribution is -2.44. The van der Waals surface area contributed by atoms with Gasteiger partial charge in [-0.3, -0.25) is 10.1 Å². The van der Waals surface area contributed by atoms with Gasteiger partial charge in [0.15, 0.2) is 0 Å². The molecule has 6 nitrogen and oxygen atoms in total. The van der Waals surface area contributed by atoms with E-state index >= 15 is 0 Å². The third-order valence-electron chi connectivity index (χ3n) is 3.93. The monoisotopic (exact) mass is 297 g/mol. The molecule has 2 unspecified atom stereocenters. The highest BCUT2D eigenvalue weighted by atomic mass is 19.1. The van der Waals surface area contributed by atoms with Crippen molar-refractivity contribution in [3.05, 3.63) is 34.1 Å². The summed E-state index contributed by atoms with van der Waals surface area (Å²) >= 11 is 0. The molecule has 1 aromatic carbocycles. The maximum Gasteiger partial charge on any atom is 0.305 e. The van der Waals surface area contributed by atoms with Crippen molar-refractivity contribution in [2.75, 3.05) is 19.8 Å². The molecular formula is C14H16FNO5. The molecule has 0 radical (unpaired) electrons. The fourth-order valence-electron chi connectivity index (χ4n) is 2.85. The van der Waals surface area contributed by atoms with Gasteiger partial charge in [-0.1, -0.05) is 0 Å². The lowest BCUT2D eigenvalue weighted by Gasteiger charge is -2.36. The van der Waals surface area contributed by atoms with E-state index in [9.17, 15) is 14.5 Å². The molecule has 2 saturated heterocycles. The number of rotatable bonds is 3. The van der Waals surface area contributed by atoms with Crippen LogP contribution < -0.4 is 4.74 Å². The minimum Gasteiger partial charge on any atom is -0.490 e. The molecule has 2 heterocycles. The third-order valence-corrected chi connectivity index (χ3v) is 3.93. The fourth-order valence-corrected chi connectivity index (χ4v) is 2.85. The van der Waals surface area contributed by atoms with Crippen LogP contribution in [0.1, 0.15) is 19.3 Å². The molecule has 0 aromatic heterocycles. The zero-order valence-electron chi connectivity index (χ0n) is 11.4. The van der Waals surface area contributed by atoms with Crippen LogP contribution in [0, 0.1) is 15.9 Å². The molecule has 7 heteroatoms. The minimum atomic E-state index is -0.886. The number of benzene rings is 1. The summed E-state index contributed by atoms with van der Waals surface area (Å²) in [5.74, 6) is -0.581. The maximum absolute atomic E-state index is 13.6. The Morgan fingerprint density at radius 1 is 1.43 bits per heavy atom. The molecule has 0 N–H and O–H groups in total. The van der Waals surface area contributed by atoms with Crippen LogP contribution in [0.5, 0.6) is 5.75 Å². The second-order valence-corrected chi connectivity index (χ2v) is 5.44. The maximum atomic E-state index is 13.6. The van der Waals surface area contributed by atoms with E-state index in [1.807, 2.05) is 0 Å². The van der Waals surface area contributed by atoms with Crippen LogP contribution in [0.15, 0.2) is 18.2 Å². The van der Waals surface area contributed by atoms with Crippen LogP contribution in [-0.4, -0.2) is 36.4 Å². The van der Waals surface area contributed by atoms with Crippen molar-refractivity contribution in [1.82, 2.24) is 0 Å². The topological polar surface area (TPSA) is 70.8 Å². The van der Waals surface area contributed by atoms with Crippen molar-refractivity contribution in [2.24, 2.45) is 0 Å². The summed E-state index contributed by atoms with van der Waals surface area (Å²) in [6.07, 6.45) is 2.13. The second-order valence-electron chi connectivity index (χ2n) is 5.44. The molecule has 2 aliphatic rings. The number of ether oxygens (including phenoxy) is 3. The van der Waals surface area contributed by atoms with E-state index in [1.54, 1.807) is 0 Å². The molecule has 0 aliphatic carbocycles. The minimum absolute atomic E-state index is 0.0960. The first-order chi connectivity index (χ1) is 10.1. The quantitative estimate of drug-likeness (QED) is 0.633. The molecule has 3 rings (SSSR count). The smallest absolute Gasteiger partial charge is 0.305 e. The van der Waals surface area contributed by atoms with Crippen LogP contribution in [0.4, 0.5) is 10.1 Å². The fraction of sp³-hybridized carbons (Fsp3) is 0.571. The van der Waals surface area contributed by atoms with E-state index in [-0.39, 0.29) is 11.7 Å². The van der Waals surface area contributed by atoms with Crippen LogP contribution >= 0.6 is 0 Å². The highest BCUT2D eigenvalue weighted by molar-refractivity contribution is 5.38. The van der Waals surface area contributed by atoms with Crippen molar-refractivity contribution in [2.45, 2.75) is 31.0 Å². The molecule has 2 fully saturated rings. The van der Waals surface area contributed by atoms with E-state index in [2.05, 4.69) is 0 Å². The first kappa shape index (κ1) is 14.2. The average molecular weight is 297 g/mol. The number of hydrogen-bond donors (Lipinski definition) is 0. The molecule has 0 amide bonds. The van der Waals surface area contributed by atoms with Gasteiger partial charge in [0.25, 0.3) is 0 Å². The summed E-state index contributed by atoms with van der Waals surface area (Å²) in [7, 11) is 0. The molecular weight excluding hydrogens is 281 g/mol. The van der Waals surface area contributed by atoms with Gasteiger partial charge >= 0.3 is 5.69 Å². The number of nitro groups is 1. The predicted molar refractivity (Wildman–Crippen MR) is 70.8 cm³/mol. The normalized spacial score (nSPS) is 28.7. The van der Waals surface area contributed by atoms with Crippen molar-refractivity contribution < 1.29 is 23.5 Å². The number of nitrogens with zero attached hydrogens (tertiary/aromatic N) is 1. The van der Waals surface area contributed by atoms with E-state index in [4.69, 9.17) is 14.2 Å². The molecule has 114 valence electrons. The first-order valence-electron chi connectivity index (χ1n) is 6.90. The Balaban J connectivity index is 1.68. The average Bonchev–Trinajstić information content (AvgIpc) is 2.86. The highest BCUT2D eigenvalue weighted by Crippen LogP contribution is 2.35. The lowest BCUT2D eigenvalue weighted by atomic mass is 9.91. The van der Waals surface area contributed by atoms with Crippen molar-refractivity contribution >= 4 is 5.69 Å². The molecule has 2 aliphatic heterocycles. The number of nitro benzene ring substituents is 1. The highest BCUT2D eigenvalue weighted by Gasteiger charge is 2.41. The van der Waals surface area contributed by atoms with Crippen LogP contribution in [0.3, 0.4) is 0 Å². The second kappa shape index (κ2) is 5.57. The van der Waals surface area contributed by atoms with Gasteiger partial charge in [-0.2, -0.15) is 4.39 Å². The van der Waals surface area contributed by atoms with Crippen molar-refractivity contribution in [3.63, 3.8) is 0 Å². The van der Waals surface area contributed by atoms with E-state index < -0.39 is 16.4 Å². The summed E-state index contributed by atoms with van der Waals surface area (Å²) in [6.45, 7) is 1.81. The number of halogens is 1. The van der Waals surface area contributed by atoms with E-state index in [0.29, 0.717) is 38.4 Å². The van der Waals surface area contributed by atoms with Crippen LogP contribution in [0.25, 0.3) is 0 Å². The lowest BCUT2D eigenvalue weighted by molar-refractivity contribution is -0.387. The van der Waals surface area contributed by atoms with Gasteiger partial charge in [0.2, 0.25) is 5.82 Å². The SMILES string of the molecule is O=[N+]([O-])c1ccc(OC2CCOC3(CCOC3)C2)cc1F. The summed E-state index contributed by atoms with van der Waals surface area (Å²) in [6, 6.07) is 3.61. The van der Waals surface area contributed by atoms with Crippen molar-refractivity contribution in [3.8, 4) is 5.75 Å². The molecule has 1 aromatic rings. The van der Waals surface area contributed by atoms with Gasteiger partial charge < -0.3 is 14.2 Å².